The van der Waals surface area contributed by atoms with Crippen molar-refractivity contribution in [1.29, 1.82) is 0 Å². The third-order valence-corrected chi connectivity index (χ3v) is 19.6. The van der Waals surface area contributed by atoms with Crippen molar-refractivity contribution in [2.24, 2.45) is 23.7 Å². The summed E-state index contributed by atoms with van der Waals surface area (Å²) in [5.41, 5.74) is 0. The molecule has 0 fully saturated rings. The molecule has 3 N–H and O–H groups in total. The van der Waals surface area contributed by atoms with Crippen LogP contribution in [0, 0.1) is 23.7 Å². The van der Waals surface area contributed by atoms with E-state index < -0.39 is 97.5 Å². The van der Waals surface area contributed by atoms with E-state index in [1.807, 2.05) is 0 Å². The minimum Gasteiger partial charge on any atom is -0.462 e. The van der Waals surface area contributed by atoms with Crippen LogP contribution in [-0.2, 0) is 65.4 Å². The molecule has 0 aliphatic rings. The molecule has 558 valence electrons. The Morgan fingerprint density at radius 1 is 0.298 bits per heavy atom. The number of hydrogen-bond donors (Lipinski definition) is 3. The highest BCUT2D eigenvalue weighted by Crippen LogP contribution is 2.45. The molecule has 3 unspecified atom stereocenters. The smallest absolute Gasteiger partial charge is 0.462 e. The summed E-state index contributed by atoms with van der Waals surface area (Å²) >= 11 is 0. The van der Waals surface area contributed by atoms with Gasteiger partial charge in [0.15, 0.2) is 12.2 Å². The molecule has 0 radical (unpaired) electrons. The highest BCUT2D eigenvalue weighted by Gasteiger charge is 2.30. The molecule has 0 saturated carbocycles. The normalized spacial score (nSPS) is 14.4. The first kappa shape index (κ1) is 92.1. The van der Waals surface area contributed by atoms with Crippen molar-refractivity contribution < 1.29 is 80.2 Å². The highest BCUT2D eigenvalue weighted by atomic mass is 31.2. The van der Waals surface area contributed by atoms with Crippen LogP contribution in [0.3, 0.4) is 0 Å². The summed E-state index contributed by atoms with van der Waals surface area (Å²) in [6.45, 7) is 14.1. The fraction of sp³-hybridized carbons (Fsp3) is 0.947. The molecule has 17 nitrogen and oxygen atoms in total. The molecule has 0 aliphatic heterocycles. The summed E-state index contributed by atoms with van der Waals surface area (Å²) < 4.78 is 68.5. The number of phosphoric acid groups is 2. The lowest BCUT2D eigenvalue weighted by atomic mass is 9.99. The van der Waals surface area contributed by atoms with Gasteiger partial charge >= 0.3 is 39.5 Å². The minimum absolute atomic E-state index is 0.104. The Balaban J connectivity index is 5.24. The van der Waals surface area contributed by atoms with Gasteiger partial charge in [-0.25, -0.2) is 9.13 Å². The largest absolute Gasteiger partial charge is 0.472 e. The van der Waals surface area contributed by atoms with Gasteiger partial charge in [0.25, 0.3) is 0 Å². The molecule has 0 bridgehead atoms. The molecular formula is C75H146O17P2. The van der Waals surface area contributed by atoms with Crippen molar-refractivity contribution in [2.45, 2.75) is 395 Å². The lowest BCUT2D eigenvalue weighted by Crippen LogP contribution is -2.30. The Hall–Kier alpha value is -1.94. The van der Waals surface area contributed by atoms with Crippen LogP contribution in [0.25, 0.3) is 0 Å². The van der Waals surface area contributed by atoms with Crippen LogP contribution in [0.5, 0.6) is 0 Å². The zero-order valence-corrected chi connectivity index (χ0v) is 63.4. The van der Waals surface area contributed by atoms with Crippen molar-refractivity contribution in [3.05, 3.63) is 0 Å². The summed E-state index contributed by atoms with van der Waals surface area (Å²) in [5, 5.41) is 10.6. The number of esters is 4. The number of rotatable bonds is 72. The number of ether oxygens (including phenoxy) is 4. The summed E-state index contributed by atoms with van der Waals surface area (Å²) in [6.07, 6.45) is 48.7. The van der Waals surface area contributed by atoms with Gasteiger partial charge in [-0.2, -0.15) is 0 Å². The first-order valence-electron chi connectivity index (χ1n) is 38.7. The number of aliphatic hydroxyl groups is 1. The molecule has 0 aromatic rings. The third kappa shape index (κ3) is 67.3. The second kappa shape index (κ2) is 64.4. The number of hydrogen-bond acceptors (Lipinski definition) is 15. The van der Waals surface area contributed by atoms with Crippen LogP contribution >= 0.6 is 15.6 Å². The zero-order chi connectivity index (χ0) is 69.6. The minimum atomic E-state index is -4.96. The maximum absolute atomic E-state index is 13.1. The number of carbonyl (C=O) groups is 4. The molecule has 6 atom stereocenters. The van der Waals surface area contributed by atoms with E-state index in [1.54, 1.807) is 0 Å². The third-order valence-electron chi connectivity index (χ3n) is 17.7. The molecule has 0 aliphatic carbocycles. The Kier molecular flexibility index (Phi) is 63.1. The Bertz CT molecular complexity index is 1850. The van der Waals surface area contributed by atoms with Gasteiger partial charge in [-0.3, -0.25) is 37.3 Å². The predicted octanol–water partition coefficient (Wildman–Crippen LogP) is 21.7. The monoisotopic (exact) mass is 1380 g/mol. The lowest BCUT2D eigenvalue weighted by molar-refractivity contribution is -0.161. The molecule has 0 spiro atoms. The van der Waals surface area contributed by atoms with Gasteiger partial charge in [0, 0.05) is 25.7 Å². The number of aliphatic hydroxyl groups excluding tert-OH is 1. The van der Waals surface area contributed by atoms with Gasteiger partial charge in [-0.05, 0) is 49.4 Å². The van der Waals surface area contributed by atoms with Gasteiger partial charge in [-0.15, -0.1) is 0 Å². The van der Waals surface area contributed by atoms with Crippen LogP contribution in [0.2, 0.25) is 0 Å². The molecule has 19 heteroatoms. The van der Waals surface area contributed by atoms with Crippen molar-refractivity contribution in [3.8, 4) is 0 Å². The Morgan fingerprint density at radius 2 is 0.511 bits per heavy atom. The van der Waals surface area contributed by atoms with Gasteiger partial charge in [0.2, 0.25) is 0 Å². The lowest BCUT2D eigenvalue weighted by Gasteiger charge is -2.21. The molecule has 94 heavy (non-hydrogen) atoms. The predicted molar refractivity (Wildman–Crippen MR) is 381 cm³/mol. The van der Waals surface area contributed by atoms with Crippen LogP contribution < -0.4 is 0 Å². The van der Waals surface area contributed by atoms with E-state index in [2.05, 4.69) is 55.4 Å². The Morgan fingerprint density at radius 3 is 0.755 bits per heavy atom. The molecular weight excluding hydrogens is 1230 g/mol. The fourth-order valence-electron chi connectivity index (χ4n) is 11.3. The van der Waals surface area contributed by atoms with E-state index in [0.29, 0.717) is 31.6 Å². The van der Waals surface area contributed by atoms with Gasteiger partial charge in [0.1, 0.15) is 19.3 Å². The van der Waals surface area contributed by atoms with E-state index in [4.69, 9.17) is 37.0 Å². The second-order valence-electron chi connectivity index (χ2n) is 28.7. The molecule has 0 saturated heterocycles. The fourth-order valence-corrected chi connectivity index (χ4v) is 12.9. The van der Waals surface area contributed by atoms with Crippen LogP contribution in [0.15, 0.2) is 0 Å². The average Bonchev–Trinajstić information content (AvgIpc) is 1.78. The second-order valence-corrected chi connectivity index (χ2v) is 31.6. The van der Waals surface area contributed by atoms with Crippen molar-refractivity contribution in [1.82, 2.24) is 0 Å². The van der Waals surface area contributed by atoms with Gasteiger partial charge in [-0.1, -0.05) is 325 Å². The molecule has 0 heterocycles. The van der Waals surface area contributed by atoms with Gasteiger partial charge < -0.3 is 33.8 Å². The summed E-state index contributed by atoms with van der Waals surface area (Å²) in [6, 6.07) is 0. The highest BCUT2D eigenvalue weighted by molar-refractivity contribution is 7.47. The maximum atomic E-state index is 13.1. The van der Waals surface area contributed by atoms with Gasteiger partial charge in [0.05, 0.1) is 26.4 Å². The maximum Gasteiger partial charge on any atom is 0.472 e. The Labute approximate surface area is 575 Å². The molecule has 0 rings (SSSR count). The standard InChI is InChI=1S/C75H146O17P2/c1-9-68(8)54-46-38-29-25-26-32-42-50-58-75(80)92-71(62-86-73(78)56-48-40-34-33-37-45-53-67(6)7)64-90-94(83,84)88-60-69(76)59-87-93(81,82)89-63-70(61-85-72(77)55-47-39-30-23-19-16-15-18-22-28-36-44-52-66(4)5)91-74(79)57-49-41-31-24-20-14-12-10-11-13-17-21-27-35-43-51-65(2)3/h65-71,76H,9-64H2,1-8H3,(H,81,82)(H,83,84)/t68?,69-,70-,71-/m1/s1. The molecule has 0 aromatic carbocycles. The quantitative estimate of drug-likeness (QED) is 0.0222. The topological polar surface area (TPSA) is 237 Å². The van der Waals surface area contributed by atoms with E-state index in [-0.39, 0.29) is 25.7 Å². The van der Waals surface area contributed by atoms with E-state index in [1.165, 1.54) is 173 Å². The zero-order valence-electron chi connectivity index (χ0n) is 61.6. The first-order chi connectivity index (χ1) is 45.1. The van der Waals surface area contributed by atoms with Crippen LogP contribution in [0.1, 0.15) is 376 Å². The molecule has 0 amide bonds. The van der Waals surface area contributed by atoms with Crippen molar-refractivity contribution in [2.75, 3.05) is 39.6 Å². The average molecular weight is 1380 g/mol. The van der Waals surface area contributed by atoms with E-state index >= 15 is 0 Å². The van der Waals surface area contributed by atoms with Crippen LogP contribution in [0.4, 0.5) is 0 Å². The van der Waals surface area contributed by atoms with E-state index in [0.717, 1.165) is 114 Å². The van der Waals surface area contributed by atoms with Crippen molar-refractivity contribution in [3.63, 3.8) is 0 Å². The number of carbonyl (C=O) groups excluding carboxylic acids is 4. The van der Waals surface area contributed by atoms with E-state index in [9.17, 15) is 43.2 Å². The first-order valence-corrected chi connectivity index (χ1v) is 41.7. The number of unbranched alkanes of at least 4 members (excludes halogenated alkanes) is 37. The summed E-state index contributed by atoms with van der Waals surface area (Å²) in [5.74, 6) is 0.908. The number of phosphoric ester groups is 2. The van der Waals surface area contributed by atoms with Crippen molar-refractivity contribution >= 4 is 39.5 Å². The summed E-state index contributed by atoms with van der Waals surface area (Å²) in [4.78, 5) is 72.7. The van der Waals surface area contributed by atoms with Crippen LogP contribution in [-0.4, -0.2) is 96.7 Å². The SMILES string of the molecule is CCC(C)CCCCCCCCCCC(=O)O[C@H](COC(=O)CCCCCCCCC(C)C)COP(=O)(O)OC[C@H](O)COP(=O)(O)OC[C@@H](COC(=O)CCCCCCCCCCCCCCC(C)C)OC(=O)CCCCCCCCCCCCCCCCCC(C)C. The molecule has 0 aromatic heterocycles. The summed E-state index contributed by atoms with van der Waals surface area (Å²) in [7, 11) is -9.91.